The van der Waals surface area contributed by atoms with Crippen LogP contribution in [0.1, 0.15) is 32.3 Å². The van der Waals surface area contributed by atoms with E-state index < -0.39 is 0 Å². The smallest absolute Gasteiger partial charge is 0.257 e. The van der Waals surface area contributed by atoms with Gasteiger partial charge in [-0.3, -0.25) is 10.1 Å². The number of carbonyl (C=O) groups excluding carboxylic acids is 1. The van der Waals surface area contributed by atoms with Crippen LogP contribution in [-0.4, -0.2) is 16.0 Å². The van der Waals surface area contributed by atoms with E-state index in [0.717, 1.165) is 27.6 Å². The van der Waals surface area contributed by atoms with Crippen LogP contribution in [0.4, 0.5) is 5.13 Å². The standard InChI is InChI=1S/C21H19N3O3S2/c1-12-4-9-19(29-12)18-11-28-21(22-18)23-20(25)15-5-7-16(8-6-15)26-10-17-13(2)24-27-14(17)3/h4-9,11H,10H2,1-3H3,(H,22,23,25). The minimum Gasteiger partial charge on any atom is -0.489 e. The maximum Gasteiger partial charge on any atom is 0.257 e. The zero-order valence-electron chi connectivity index (χ0n) is 16.2. The van der Waals surface area contributed by atoms with Crippen LogP contribution in [0.3, 0.4) is 0 Å². The Hall–Kier alpha value is -2.97. The molecule has 0 spiro atoms. The van der Waals surface area contributed by atoms with Gasteiger partial charge in [0.1, 0.15) is 18.1 Å². The highest BCUT2D eigenvalue weighted by atomic mass is 32.1. The van der Waals surface area contributed by atoms with Gasteiger partial charge in [-0.15, -0.1) is 22.7 Å². The first-order valence-electron chi connectivity index (χ1n) is 8.98. The lowest BCUT2D eigenvalue weighted by Crippen LogP contribution is -2.11. The molecule has 0 aliphatic heterocycles. The number of amides is 1. The van der Waals surface area contributed by atoms with Crippen LogP contribution in [0.15, 0.2) is 46.3 Å². The van der Waals surface area contributed by atoms with E-state index >= 15 is 0 Å². The number of thiophene rings is 1. The number of hydrogen-bond donors (Lipinski definition) is 1. The van der Waals surface area contributed by atoms with E-state index in [-0.39, 0.29) is 5.91 Å². The Labute approximate surface area is 176 Å². The normalized spacial score (nSPS) is 10.9. The second-order valence-corrected chi connectivity index (χ2v) is 8.66. The molecule has 0 saturated heterocycles. The quantitative estimate of drug-likeness (QED) is 0.434. The van der Waals surface area contributed by atoms with Crippen molar-refractivity contribution in [2.75, 3.05) is 5.32 Å². The third-order valence-electron chi connectivity index (χ3n) is 4.40. The van der Waals surface area contributed by atoms with Crippen LogP contribution >= 0.6 is 22.7 Å². The van der Waals surface area contributed by atoms with Gasteiger partial charge in [0.15, 0.2) is 5.13 Å². The summed E-state index contributed by atoms with van der Waals surface area (Å²) in [6.07, 6.45) is 0. The summed E-state index contributed by atoms with van der Waals surface area (Å²) in [5.74, 6) is 1.22. The van der Waals surface area contributed by atoms with Crippen molar-refractivity contribution in [3.63, 3.8) is 0 Å². The summed E-state index contributed by atoms with van der Waals surface area (Å²) in [6, 6.07) is 11.1. The average molecular weight is 426 g/mol. The topological polar surface area (TPSA) is 77.2 Å². The molecule has 0 radical (unpaired) electrons. The molecule has 29 heavy (non-hydrogen) atoms. The van der Waals surface area contributed by atoms with Gasteiger partial charge in [-0.1, -0.05) is 5.16 Å². The lowest BCUT2D eigenvalue weighted by molar-refractivity contribution is 0.102. The van der Waals surface area contributed by atoms with Gasteiger partial charge in [-0.25, -0.2) is 4.98 Å². The molecule has 0 bridgehead atoms. The Kier molecular flexibility index (Phi) is 5.46. The molecule has 1 N–H and O–H groups in total. The van der Waals surface area contributed by atoms with E-state index in [2.05, 4.69) is 28.4 Å². The van der Waals surface area contributed by atoms with Gasteiger partial charge in [0.25, 0.3) is 5.91 Å². The van der Waals surface area contributed by atoms with Gasteiger partial charge in [-0.2, -0.15) is 0 Å². The largest absolute Gasteiger partial charge is 0.489 e. The fraction of sp³-hybridized carbons (Fsp3) is 0.190. The number of carbonyl (C=O) groups is 1. The molecule has 8 heteroatoms. The van der Waals surface area contributed by atoms with E-state index in [4.69, 9.17) is 9.26 Å². The van der Waals surface area contributed by atoms with Gasteiger partial charge in [-0.05, 0) is 57.2 Å². The fourth-order valence-corrected chi connectivity index (χ4v) is 4.36. The van der Waals surface area contributed by atoms with Crippen LogP contribution in [0, 0.1) is 20.8 Å². The highest BCUT2D eigenvalue weighted by Gasteiger charge is 2.12. The number of nitrogens with zero attached hydrogens (tertiary/aromatic N) is 2. The third-order valence-corrected chi connectivity index (χ3v) is 6.18. The molecule has 1 amide bonds. The molecular weight excluding hydrogens is 406 g/mol. The van der Waals surface area contributed by atoms with Gasteiger partial charge in [0.2, 0.25) is 0 Å². The highest BCUT2D eigenvalue weighted by Crippen LogP contribution is 2.30. The van der Waals surface area contributed by atoms with Crippen LogP contribution < -0.4 is 10.1 Å². The van der Waals surface area contributed by atoms with Crippen LogP contribution in [-0.2, 0) is 6.61 Å². The maximum atomic E-state index is 12.5. The second kappa shape index (κ2) is 8.18. The molecule has 4 rings (SSSR count). The molecule has 3 heterocycles. The average Bonchev–Trinajstić information content (AvgIpc) is 3.42. The Morgan fingerprint density at radius 1 is 1.14 bits per heavy atom. The van der Waals surface area contributed by atoms with Crippen molar-refractivity contribution in [3.05, 3.63) is 69.2 Å². The minimum atomic E-state index is -0.203. The van der Waals surface area contributed by atoms with E-state index in [1.165, 1.54) is 16.2 Å². The Balaban J connectivity index is 1.37. The predicted molar refractivity (Wildman–Crippen MR) is 115 cm³/mol. The number of thiazole rings is 1. The molecule has 0 atom stereocenters. The van der Waals surface area contributed by atoms with Crippen molar-refractivity contribution in [2.45, 2.75) is 27.4 Å². The van der Waals surface area contributed by atoms with E-state index in [9.17, 15) is 4.79 Å². The first-order valence-corrected chi connectivity index (χ1v) is 10.7. The molecular formula is C21H19N3O3S2. The van der Waals surface area contributed by atoms with Gasteiger partial charge in [0.05, 0.1) is 21.8 Å². The van der Waals surface area contributed by atoms with Gasteiger partial charge >= 0.3 is 0 Å². The first kappa shape index (κ1) is 19.4. The molecule has 3 aromatic heterocycles. The molecule has 1 aromatic carbocycles. The number of ether oxygens (including phenoxy) is 1. The van der Waals surface area contributed by atoms with Crippen molar-refractivity contribution < 1.29 is 14.1 Å². The van der Waals surface area contributed by atoms with Gasteiger partial charge < -0.3 is 9.26 Å². The Bertz CT molecular complexity index is 1120. The van der Waals surface area contributed by atoms with Crippen LogP contribution in [0.2, 0.25) is 0 Å². The zero-order valence-corrected chi connectivity index (χ0v) is 17.8. The summed E-state index contributed by atoms with van der Waals surface area (Å²) >= 11 is 3.10. The lowest BCUT2D eigenvalue weighted by atomic mass is 10.2. The number of aromatic nitrogens is 2. The molecule has 0 fully saturated rings. The van der Waals surface area contributed by atoms with E-state index in [1.54, 1.807) is 35.6 Å². The van der Waals surface area contributed by atoms with Crippen molar-refractivity contribution in [2.24, 2.45) is 0 Å². The second-order valence-electron chi connectivity index (χ2n) is 6.52. The Morgan fingerprint density at radius 3 is 2.59 bits per heavy atom. The lowest BCUT2D eigenvalue weighted by Gasteiger charge is -2.07. The number of hydrogen-bond acceptors (Lipinski definition) is 7. The summed E-state index contributed by atoms with van der Waals surface area (Å²) < 4.78 is 10.9. The summed E-state index contributed by atoms with van der Waals surface area (Å²) in [5.41, 5.74) is 3.18. The number of aryl methyl sites for hydroxylation is 3. The summed E-state index contributed by atoms with van der Waals surface area (Å²) in [4.78, 5) is 19.3. The molecule has 4 aromatic rings. The van der Waals surface area contributed by atoms with E-state index in [0.29, 0.717) is 23.1 Å². The first-order chi connectivity index (χ1) is 14.0. The highest BCUT2D eigenvalue weighted by molar-refractivity contribution is 7.17. The minimum absolute atomic E-state index is 0.203. The molecule has 0 saturated carbocycles. The molecule has 0 unspecified atom stereocenters. The summed E-state index contributed by atoms with van der Waals surface area (Å²) in [6.45, 7) is 6.17. The molecule has 0 aliphatic carbocycles. The van der Waals surface area contributed by atoms with Crippen molar-refractivity contribution in [3.8, 4) is 16.3 Å². The predicted octanol–water partition coefficient (Wildman–Crippen LogP) is 5.62. The molecule has 148 valence electrons. The number of benzene rings is 1. The summed E-state index contributed by atoms with van der Waals surface area (Å²) in [7, 11) is 0. The van der Waals surface area contributed by atoms with Crippen LogP contribution in [0.25, 0.3) is 10.6 Å². The van der Waals surface area contributed by atoms with Crippen molar-refractivity contribution in [1.29, 1.82) is 0 Å². The fourth-order valence-electron chi connectivity index (χ4n) is 2.75. The monoisotopic (exact) mass is 425 g/mol. The third kappa shape index (κ3) is 4.38. The SMILES string of the molecule is Cc1ccc(-c2csc(NC(=O)c3ccc(OCc4c(C)noc4C)cc3)n2)s1. The van der Waals surface area contributed by atoms with E-state index in [1.807, 2.05) is 25.3 Å². The number of rotatable bonds is 6. The maximum absolute atomic E-state index is 12.5. The number of nitrogens with one attached hydrogen (secondary N) is 1. The summed E-state index contributed by atoms with van der Waals surface area (Å²) in [5, 5.41) is 9.30. The molecule has 6 nitrogen and oxygen atoms in total. The molecule has 0 aliphatic rings. The van der Waals surface area contributed by atoms with Crippen molar-refractivity contribution >= 4 is 33.7 Å². The number of anilines is 1. The van der Waals surface area contributed by atoms with Crippen molar-refractivity contribution in [1.82, 2.24) is 10.1 Å². The van der Waals surface area contributed by atoms with Gasteiger partial charge in [0, 0.05) is 15.8 Å². The zero-order chi connectivity index (χ0) is 20.4. The van der Waals surface area contributed by atoms with Crippen LogP contribution in [0.5, 0.6) is 5.75 Å². The Morgan fingerprint density at radius 2 is 1.93 bits per heavy atom.